The highest BCUT2D eigenvalue weighted by Gasteiger charge is 2.09. The van der Waals surface area contributed by atoms with E-state index >= 15 is 0 Å². The zero-order chi connectivity index (χ0) is 13.7. The average Bonchev–Trinajstić information content (AvgIpc) is 2.47. The summed E-state index contributed by atoms with van der Waals surface area (Å²) >= 11 is 0. The number of carbonyl (C=O) groups is 1. The monoisotopic (exact) mass is 258 g/mol. The largest absolute Gasteiger partial charge is 0.496 e. The maximum Gasteiger partial charge on any atom is 0.358 e. The fraction of sp³-hybridized carbons (Fsp3) is 0.214. The summed E-state index contributed by atoms with van der Waals surface area (Å²) in [6.45, 7) is 2.13. The van der Waals surface area contributed by atoms with Crippen LogP contribution in [0.5, 0.6) is 5.75 Å². The van der Waals surface area contributed by atoms with Crippen molar-refractivity contribution in [2.24, 2.45) is 0 Å². The van der Waals surface area contributed by atoms with E-state index in [0.29, 0.717) is 0 Å². The number of benzene rings is 1. The molecule has 0 aliphatic heterocycles. The van der Waals surface area contributed by atoms with Gasteiger partial charge in [0.05, 0.1) is 13.3 Å². The van der Waals surface area contributed by atoms with Crippen LogP contribution in [0.3, 0.4) is 0 Å². The summed E-state index contributed by atoms with van der Waals surface area (Å²) in [4.78, 5) is 19.4. The third-order valence-corrected chi connectivity index (χ3v) is 2.61. The Hall–Kier alpha value is -2.43. The van der Waals surface area contributed by atoms with Crippen LogP contribution < -0.4 is 4.74 Å². The molecule has 0 saturated heterocycles. The summed E-state index contributed by atoms with van der Waals surface area (Å²) in [6, 6.07) is 5.66. The molecule has 2 aromatic rings. The molecule has 0 N–H and O–H groups in total. The summed E-state index contributed by atoms with van der Waals surface area (Å²) in [5, 5.41) is 0. The fourth-order valence-electron chi connectivity index (χ4n) is 1.58. The second kappa shape index (κ2) is 5.95. The van der Waals surface area contributed by atoms with Crippen LogP contribution in [0.25, 0.3) is 0 Å². The summed E-state index contributed by atoms with van der Waals surface area (Å²) in [7, 11) is 1.61. The lowest BCUT2D eigenvalue weighted by molar-refractivity contribution is 0.0465. The van der Waals surface area contributed by atoms with Crippen molar-refractivity contribution >= 4 is 5.97 Å². The van der Waals surface area contributed by atoms with Gasteiger partial charge in [0.2, 0.25) is 0 Å². The van der Waals surface area contributed by atoms with Crippen molar-refractivity contribution in [2.75, 3.05) is 7.11 Å². The molecule has 0 fully saturated rings. The number of hydrogen-bond donors (Lipinski definition) is 0. The number of carbonyl (C=O) groups excluding carboxylic acids is 1. The quantitative estimate of drug-likeness (QED) is 0.786. The predicted molar refractivity (Wildman–Crippen MR) is 68.9 cm³/mol. The van der Waals surface area contributed by atoms with Crippen LogP contribution in [0.1, 0.15) is 21.6 Å². The third-order valence-electron chi connectivity index (χ3n) is 2.61. The Balaban J connectivity index is 2.01. The highest BCUT2D eigenvalue weighted by atomic mass is 16.5. The number of aromatic nitrogens is 2. The van der Waals surface area contributed by atoms with Gasteiger partial charge in [-0.2, -0.15) is 0 Å². The summed E-state index contributed by atoms with van der Waals surface area (Å²) in [5.41, 5.74) is 2.09. The number of nitrogens with zero attached hydrogens (tertiary/aromatic N) is 2. The van der Waals surface area contributed by atoms with Crippen molar-refractivity contribution in [2.45, 2.75) is 13.5 Å². The Morgan fingerprint density at radius 2 is 2.16 bits per heavy atom. The maximum atomic E-state index is 11.7. The van der Waals surface area contributed by atoms with Crippen LogP contribution in [0.2, 0.25) is 0 Å². The van der Waals surface area contributed by atoms with E-state index in [0.717, 1.165) is 16.9 Å². The molecule has 0 radical (unpaired) electrons. The maximum absolute atomic E-state index is 11.7. The lowest BCUT2D eigenvalue weighted by atomic mass is 10.1. The van der Waals surface area contributed by atoms with Gasteiger partial charge in [-0.05, 0) is 24.1 Å². The standard InChI is InChI=1S/C14H14N2O3/c1-10-3-4-11(7-13(10)18-2)9-19-14(17)12-8-15-5-6-16-12/h3-8H,9H2,1-2H3. The van der Waals surface area contributed by atoms with E-state index in [2.05, 4.69) is 9.97 Å². The lowest BCUT2D eigenvalue weighted by Crippen LogP contribution is -2.07. The molecule has 2 rings (SSSR count). The van der Waals surface area contributed by atoms with Gasteiger partial charge in [0, 0.05) is 12.4 Å². The lowest BCUT2D eigenvalue weighted by Gasteiger charge is -2.08. The van der Waals surface area contributed by atoms with E-state index in [-0.39, 0.29) is 12.3 Å². The number of ether oxygens (including phenoxy) is 2. The Morgan fingerprint density at radius 3 is 2.84 bits per heavy atom. The molecule has 0 amide bonds. The molecule has 0 aliphatic carbocycles. The molecular weight excluding hydrogens is 244 g/mol. The van der Waals surface area contributed by atoms with Crippen LogP contribution in [-0.2, 0) is 11.3 Å². The van der Waals surface area contributed by atoms with E-state index in [1.165, 1.54) is 18.6 Å². The first-order valence-corrected chi connectivity index (χ1v) is 5.77. The van der Waals surface area contributed by atoms with E-state index in [1.807, 2.05) is 25.1 Å². The zero-order valence-corrected chi connectivity index (χ0v) is 10.8. The minimum atomic E-state index is -0.493. The molecule has 19 heavy (non-hydrogen) atoms. The Kier molecular flexibility index (Phi) is 4.07. The minimum absolute atomic E-state index is 0.173. The third kappa shape index (κ3) is 3.28. The van der Waals surface area contributed by atoms with Gasteiger partial charge in [0.1, 0.15) is 12.4 Å². The molecule has 98 valence electrons. The summed E-state index contributed by atoms with van der Waals surface area (Å²) < 4.78 is 10.4. The highest BCUT2D eigenvalue weighted by Crippen LogP contribution is 2.19. The molecule has 0 aliphatic rings. The Labute approximate surface area is 111 Å². The van der Waals surface area contributed by atoms with Gasteiger partial charge >= 0.3 is 5.97 Å². The number of hydrogen-bond acceptors (Lipinski definition) is 5. The first kappa shape index (κ1) is 13.0. The molecule has 0 saturated carbocycles. The van der Waals surface area contributed by atoms with Gasteiger partial charge in [0.25, 0.3) is 0 Å². The molecule has 5 nitrogen and oxygen atoms in total. The van der Waals surface area contributed by atoms with Gasteiger partial charge in [-0.15, -0.1) is 0 Å². The second-order valence-electron chi connectivity index (χ2n) is 3.97. The van der Waals surface area contributed by atoms with Gasteiger partial charge in [-0.25, -0.2) is 9.78 Å². The summed E-state index contributed by atoms with van der Waals surface area (Å²) in [6.07, 6.45) is 4.32. The van der Waals surface area contributed by atoms with E-state index < -0.39 is 5.97 Å². The Morgan fingerprint density at radius 1 is 1.32 bits per heavy atom. The minimum Gasteiger partial charge on any atom is -0.496 e. The van der Waals surface area contributed by atoms with Crippen LogP contribution in [-0.4, -0.2) is 23.0 Å². The van der Waals surface area contributed by atoms with Gasteiger partial charge < -0.3 is 9.47 Å². The topological polar surface area (TPSA) is 61.3 Å². The number of esters is 1. The SMILES string of the molecule is COc1cc(COC(=O)c2cnccn2)ccc1C. The molecular formula is C14H14N2O3. The van der Waals surface area contributed by atoms with Crippen molar-refractivity contribution in [3.63, 3.8) is 0 Å². The fourth-order valence-corrected chi connectivity index (χ4v) is 1.58. The normalized spacial score (nSPS) is 10.0. The molecule has 0 spiro atoms. The number of rotatable bonds is 4. The molecule has 1 aromatic carbocycles. The van der Waals surface area contributed by atoms with Crippen molar-refractivity contribution in [1.29, 1.82) is 0 Å². The number of aryl methyl sites for hydroxylation is 1. The zero-order valence-electron chi connectivity index (χ0n) is 10.8. The average molecular weight is 258 g/mol. The van der Waals surface area contributed by atoms with Gasteiger partial charge in [-0.1, -0.05) is 12.1 Å². The van der Waals surface area contributed by atoms with Crippen molar-refractivity contribution in [3.05, 3.63) is 53.6 Å². The molecule has 5 heteroatoms. The van der Waals surface area contributed by atoms with Crippen molar-refractivity contribution in [3.8, 4) is 5.75 Å². The molecule has 0 atom stereocenters. The van der Waals surface area contributed by atoms with Crippen LogP contribution in [0.4, 0.5) is 0 Å². The van der Waals surface area contributed by atoms with Crippen LogP contribution in [0.15, 0.2) is 36.8 Å². The predicted octanol–water partition coefficient (Wildman–Crippen LogP) is 2.15. The molecule has 1 aromatic heterocycles. The van der Waals surface area contributed by atoms with Gasteiger partial charge in [-0.3, -0.25) is 4.98 Å². The van der Waals surface area contributed by atoms with Crippen LogP contribution >= 0.6 is 0 Å². The summed E-state index contributed by atoms with van der Waals surface area (Å²) in [5.74, 6) is 0.278. The molecule has 1 heterocycles. The molecule has 0 unspecified atom stereocenters. The van der Waals surface area contributed by atoms with Gasteiger partial charge in [0.15, 0.2) is 5.69 Å². The Bertz CT molecular complexity index is 570. The van der Waals surface area contributed by atoms with E-state index in [1.54, 1.807) is 7.11 Å². The van der Waals surface area contributed by atoms with E-state index in [4.69, 9.17) is 9.47 Å². The first-order valence-electron chi connectivity index (χ1n) is 5.77. The second-order valence-corrected chi connectivity index (χ2v) is 3.97. The van der Waals surface area contributed by atoms with Crippen molar-refractivity contribution < 1.29 is 14.3 Å². The molecule has 0 bridgehead atoms. The van der Waals surface area contributed by atoms with Crippen molar-refractivity contribution in [1.82, 2.24) is 9.97 Å². The van der Waals surface area contributed by atoms with Crippen LogP contribution in [0, 0.1) is 6.92 Å². The first-order chi connectivity index (χ1) is 9.20. The smallest absolute Gasteiger partial charge is 0.358 e. The highest BCUT2D eigenvalue weighted by molar-refractivity contribution is 5.86. The number of methoxy groups -OCH3 is 1. The van der Waals surface area contributed by atoms with E-state index in [9.17, 15) is 4.79 Å².